The van der Waals surface area contributed by atoms with Crippen LogP contribution < -0.4 is 5.32 Å². The molecule has 82 valence electrons. The van der Waals surface area contributed by atoms with Crippen LogP contribution in [0.4, 0.5) is 0 Å². The molecule has 14 heavy (non-hydrogen) atoms. The summed E-state index contributed by atoms with van der Waals surface area (Å²) in [6, 6.07) is 0. The molecule has 0 amide bonds. The van der Waals surface area contributed by atoms with Crippen LogP contribution in [0.5, 0.6) is 0 Å². The Morgan fingerprint density at radius 3 is 2.79 bits per heavy atom. The molecule has 0 aromatic rings. The van der Waals surface area contributed by atoms with Gasteiger partial charge in [0, 0.05) is 5.54 Å². The first-order valence-corrected chi connectivity index (χ1v) is 6.19. The zero-order chi connectivity index (χ0) is 10.3. The van der Waals surface area contributed by atoms with E-state index >= 15 is 0 Å². The predicted molar refractivity (Wildman–Crippen MR) is 63.5 cm³/mol. The van der Waals surface area contributed by atoms with Gasteiger partial charge in [-0.1, -0.05) is 25.8 Å². The third-order valence-electron chi connectivity index (χ3n) is 3.57. The Morgan fingerprint density at radius 2 is 2.21 bits per heavy atom. The molecule has 0 radical (unpaired) electrons. The third-order valence-corrected chi connectivity index (χ3v) is 3.57. The average molecular weight is 195 g/mol. The summed E-state index contributed by atoms with van der Waals surface area (Å²) in [5.41, 5.74) is 0.508. The molecule has 0 aliphatic carbocycles. The van der Waals surface area contributed by atoms with Crippen LogP contribution in [0.1, 0.15) is 58.3 Å². The number of hydrogen-bond acceptors (Lipinski definition) is 1. The fourth-order valence-corrected chi connectivity index (χ4v) is 2.49. The Bertz CT molecular complexity index is 157. The van der Waals surface area contributed by atoms with E-state index in [0.717, 1.165) is 0 Å². The molecule has 0 aromatic heterocycles. The summed E-state index contributed by atoms with van der Waals surface area (Å²) >= 11 is 0. The highest BCUT2D eigenvalue weighted by atomic mass is 15.0. The molecule has 1 saturated heterocycles. The second-order valence-corrected chi connectivity index (χ2v) is 4.55. The van der Waals surface area contributed by atoms with E-state index in [9.17, 15) is 0 Å². The van der Waals surface area contributed by atoms with Crippen molar-refractivity contribution in [2.24, 2.45) is 0 Å². The van der Waals surface area contributed by atoms with Crippen molar-refractivity contribution in [3.05, 3.63) is 12.7 Å². The third kappa shape index (κ3) is 3.45. The molecule has 0 aromatic carbocycles. The predicted octanol–water partition coefficient (Wildman–Crippen LogP) is 3.66. The smallest absolute Gasteiger partial charge is 0.0179 e. The van der Waals surface area contributed by atoms with Crippen LogP contribution in [-0.4, -0.2) is 12.1 Å². The molecule has 1 nitrogen and oxygen atoms in total. The van der Waals surface area contributed by atoms with E-state index in [1.165, 1.54) is 57.9 Å². The lowest BCUT2D eigenvalue weighted by Gasteiger charge is -2.28. The van der Waals surface area contributed by atoms with Crippen molar-refractivity contribution >= 4 is 0 Å². The van der Waals surface area contributed by atoms with Gasteiger partial charge in [0.25, 0.3) is 0 Å². The van der Waals surface area contributed by atoms with Gasteiger partial charge >= 0.3 is 0 Å². The quantitative estimate of drug-likeness (QED) is 0.483. The van der Waals surface area contributed by atoms with Gasteiger partial charge in [-0.15, -0.1) is 6.58 Å². The first-order valence-electron chi connectivity index (χ1n) is 6.19. The van der Waals surface area contributed by atoms with Crippen LogP contribution in [0.3, 0.4) is 0 Å². The van der Waals surface area contributed by atoms with Gasteiger partial charge in [-0.25, -0.2) is 0 Å². The molecule has 1 atom stereocenters. The first-order chi connectivity index (χ1) is 6.83. The van der Waals surface area contributed by atoms with Crippen LogP contribution in [-0.2, 0) is 0 Å². The van der Waals surface area contributed by atoms with Crippen molar-refractivity contribution in [3.8, 4) is 0 Å². The second-order valence-electron chi connectivity index (χ2n) is 4.55. The second kappa shape index (κ2) is 6.23. The van der Waals surface area contributed by atoms with Crippen molar-refractivity contribution < 1.29 is 0 Å². The Hall–Kier alpha value is -0.300. The number of nitrogens with one attached hydrogen (secondary N) is 1. The Kier molecular flexibility index (Phi) is 5.24. The normalized spacial score (nSPS) is 26.6. The molecule has 1 unspecified atom stereocenters. The molecule has 1 aliphatic heterocycles. The maximum Gasteiger partial charge on any atom is 0.0179 e. The summed E-state index contributed by atoms with van der Waals surface area (Å²) in [5.74, 6) is 0. The molecule has 1 aliphatic rings. The van der Waals surface area contributed by atoms with Crippen molar-refractivity contribution in [3.63, 3.8) is 0 Å². The molecule has 1 rings (SSSR count). The highest BCUT2D eigenvalue weighted by molar-refractivity contribution is 4.91. The van der Waals surface area contributed by atoms with Crippen molar-refractivity contribution in [1.82, 2.24) is 5.32 Å². The lowest BCUT2D eigenvalue weighted by molar-refractivity contribution is 0.323. The molecular weight excluding hydrogens is 170 g/mol. The average Bonchev–Trinajstić information content (AvgIpc) is 2.67. The minimum Gasteiger partial charge on any atom is -0.311 e. The Labute approximate surface area is 89.0 Å². The van der Waals surface area contributed by atoms with Crippen molar-refractivity contribution in [1.29, 1.82) is 0 Å². The molecule has 0 spiro atoms. The minimum absolute atomic E-state index is 0.508. The lowest BCUT2D eigenvalue weighted by Crippen LogP contribution is -2.38. The van der Waals surface area contributed by atoms with Crippen LogP contribution in [0, 0.1) is 0 Å². The van der Waals surface area contributed by atoms with Gasteiger partial charge in [0.2, 0.25) is 0 Å². The molecular formula is C13H25N. The summed E-state index contributed by atoms with van der Waals surface area (Å²) in [7, 11) is 0. The first kappa shape index (κ1) is 11.8. The molecule has 1 N–H and O–H groups in total. The number of hydrogen-bond donors (Lipinski definition) is 1. The zero-order valence-electron chi connectivity index (χ0n) is 9.65. The highest BCUT2D eigenvalue weighted by Crippen LogP contribution is 2.28. The van der Waals surface area contributed by atoms with E-state index in [-0.39, 0.29) is 0 Å². The molecule has 0 bridgehead atoms. The van der Waals surface area contributed by atoms with Gasteiger partial charge in [0.15, 0.2) is 0 Å². The summed E-state index contributed by atoms with van der Waals surface area (Å²) in [6.45, 7) is 7.31. The standard InChI is InChI=1S/C13H25N/c1-3-5-6-7-8-10-13(4-2)11-9-12-14-13/h3,14H,1,4-12H2,2H3. The van der Waals surface area contributed by atoms with E-state index in [4.69, 9.17) is 0 Å². The summed E-state index contributed by atoms with van der Waals surface area (Å²) < 4.78 is 0. The van der Waals surface area contributed by atoms with E-state index in [1.54, 1.807) is 0 Å². The zero-order valence-corrected chi connectivity index (χ0v) is 9.65. The Balaban J connectivity index is 2.11. The van der Waals surface area contributed by atoms with Gasteiger partial charge in [-0.05, 0) is 45.1 Å². The maximum absolute atomic E-state index is 3.75. The van der Waals surface area contributed by atoms with E-state index in [0.29, 0.717) is 5.54 Å². The molecule has 0 saturated carbocycles. The highest BCUT2D eigenvalue weighted by Gasteiger charge is 2.30. The van der Waals surface area contributed by atoms with Crippen LogP contribution in [0.15, 0.2) is 12.7 Å². The fraction of sp³-hybridized carbons (Fsp3) is 0.846. The lowest BCUT2D eigenvalue weighted by atomic mass is 9.88. The van der Waals surface area contributed by atoms with Crippen LogP contribution in [0.25, 0.3) is 0 Å². The largest absolute Gasteiger partial charge is 0.311 e. The van der Waals surface area contributed by atoms with Gasteiger partial charge in [0.05, 0.1) is 0 Å². The monoisotopic (exact) mass is 195 g/mol. The SMILES string of the molecule is C=CCCCCCC1(CC)CCCN1. The Morgan fingerprint density at radius 1 is 1.36 bits per heavy atom. The number of allylic oxidation sites excluding steroid dienone is 1. The van der Waals surface area contributed by atoms with Crippen LogP contribution >= 0.6 is 0 Å². The summed E-state index contributed by atoms with van der Waals surface area (Å²) in [4.78, 5) is 0. The van der Waals surface area contributed by atoms with Gasteiger partial charge in [0.1, 0.15) is 0 Å². The van der Waals surface area contributed by atoms with E-state index in [2.05, 4.69) is 18.8 Å². The van der Waals surface area contributed by atoms with Crippen molar-refractivity contribution in [2.45, 2.75) is 63.8 Å². The van der Waals surface area contributed by atoms with Gasteiger partial charge in [-0.3, -0.25) is 0 Å². The van der Waals surface area contributed by atoms with Crippen LogP contribution in [0.2, 0.25) is 0 Å². The summed E-state index contributed by atoms with van der Waals surface area (Å²) in [5, 5.41) is 3.69. The van der Waals surface area contributed by atoms with Gasteiger partial charge < -0.3 is 5.32 Å². The maximum atomic E-state index is 3.75. The topological polar surface area (TPSA) is 12.0 Å². The number of unbranched alkanes of at least 4 members (excludes halogenated alkanes) is 3. The molecule has 1 heterocycles. The fourth-order valence-electron chi connectivity index (χ4n) is 2.49. The molecule has 1 fully saturated rings. The van der Waals surface area contributed by atoms with Gasteiger partial charge in [-0.2, -0.15) is 0 Å². The van der Waals surface area contributed by atoms with E-state index < -0.39 is 0 Å². The summed E-state index contributed by atoms with van der Waals surface area (Å²) in [6.07, 6.45) is 12.7. The minimum atomic E-state index is 0.508. The van der Waals surface area contributed by atoms with Crippen molar-refractivity contribution in [2.75, 3.05) is 6.54 Å². The number of rotatable bonds is 7. The van der Waals surface area contributed by atoms with E-state index in [1.807, 2.05) is 6.08 Å². The molecule has 1 heteroatoms.